The van der Waals surface area contributed by atoms with Crippen molar-refractivity contribution in [1.82, 2.24) is 9.97 Å². The van der Waals surface area contributed by atoms with E-state index < -0.39 is 0 Å². The lowest BCUT2D eigenvalue weighted by atomic mass is 10.3. The Morgan fingerprint density at radius 3 is 3.08 bits per heavy atom. The first-order valence-electron chi connectivity index (χ1n) is 4.52. The minimum absolute atomic E-state index is 0.670. The lowest BCUT2D eigenvalue weighted by molar-refractivity contribution is 0.580. The smallest absolute Gasteiger partial charge is 0.151 e. The summed E-state index contributed by atoms with van der Waals surface area (Å²) < 4.78 is 5.26. The predicted octanol–water partition coefficient (Wildman–Crippen LogP) is 2.55. The summed E-state index contributed by atoms with van der Waals surface area (Å²) in [6.45, 7) is 0. The van der Waals surface area contributed by atoms with E-state index in [0.717, 1.165) is 17.3 Å². The summed E-state index contributed by atoms with van der Waals surface area (Å²) in [5, 5.41) is 0. The highest BCUT2D eigenvalue weighted by Crippen LogP contribution is 2.38. The number of imidazole rings is 1. The molecule has 2 heterocycles. The Hall–Kier alpha value is -1.51. The van der Waals surface area contributed by atoms with Crippen LogP contribution in [0.2, 0.25) is 0 Å². The van der Waals surface area contributed by atoms with E-state index in [-0.39, 0.29) is 0 Å². The van der Waals surface area contributed by atoms with Crippen molar-refractivity contribution in [2.75, 3.05) is 0 Å². The molecule has 66 valence electrons. The highest BCUT2D eigenvalue weighted by molar-refractivity contribution is 5.50. The monoisotopic (exact) mass is 174 g/mol. The van der Waals surface area contributed by atoms with Gasteiger partial charge in [0.05, 0.1) is 12.5 Å². The van der Waals surface area contributed by atoms with E-state index >= 15 is 0 Å². The average Bonchev–Trinajstić information content (AvgIpc) is 2.72. The lowest BCUT2D eigenvalue weighted by Crippen LogP contribution is -1.80. The van der Waals surface area contributed by atoms with Crippen molar-refractivity contribution < 1.29 is 4.42 Å². The SMILES string of the molecule is c1coc(-c2cnc(C3CC3)[nH]2)c1. The number of nitrogens with one attached hydrogen (secondary N) is 1. The van der Waals surface area contributed by atoms with Crippen LogP contribution in [-0.2, 0) is 0 Å². The molecule has 0 aromatic carbocycles. The minimum Gasteiger partial charge on any atom is -0.463 e. The number of aromatic nitrogens is 2. The van der Waals surface area contributed by atoms with Crippen molar-refractivity contribution in [1.29, 1.82) is 0 Å². The topological polar surface area (TPSA) is 41.8 Å². The number of aromatic amines is 1. The predicted molar refractivity (Wildman–Crippen MR) is 48.3 cm³/mol. The maximum atomic E-state index is 5.26. The Kier molecular flexibility index (Phi) is 1.33. The fourth-order valence-corrected chi connectivity index (χ4v) is 1.46. The fraction of sp³-hybridized carbons (Fsp3) is 0.300. The second kappa shape index (κ2) is 2.49. The summed E-state index contributed by atoms with van der Waals surface area (Å²) >= 11 is 0. The summed E-state index contributed by atoms with van der Waals surface area (Å²) in [7, 11) is 0. The largest absolute Gasteiger partial charge is 0.463 e. The number of rotatable bonds is 2. The molecule has 1 aliphatic rings. The van der Waals surface area contributed by atoms with E-state index in [2.05, 4.69) is 9.97 Å². The Balaban J connectivity index is 1.97. The second-order valence-electron chi connectivity index (χ2n) is 3.43. The van der Waals surface area contributed by atoms with Crippen LogP contribution in [-0.4, -0.2) is 9.97 Å². The molecule has 0 radical (unpaired) electrons. The molecule has 0 atom stereocenters. The molecule has 3 heteroatoms. The third kappa shape index (κ3) is 1.16. The molecule has 1 N–H and O–H groups in total. The highest BCUT2D eigenvalue weighted by atomic mass is 16.3. The van der Waals surface area contributed by atoms with Crippen LogP contribution in [0.15, 0.2) is 29.0 Å². The van der Waals surface area contributed by atoms with Gasteiger partial charge >= 0.3 is 0 Å². The van der Waals surface area contributed by atoms with Gasteiger partial charge in [0, 0.05) is 5.92 Å². The van der Waals surface area contributed by atoms with E-state index in [9.17, 15) is 0 Å². The fourth-order valence-electron chi connectivity index (χ4n) is 1.46. The first kappa shape index (κ1) is 6.95. The van der Waals surface area contributed by atoms with E-state index in [4.69, 9.17) is 4.42 Å². The van der Waals surface area contributed by atoms with Crippen molar-refractivity contribution in [2.45, 2.75) is 18.8 Å². The average molecular weight is 174 g/mol. The summed E-state index contributed by atoms with van der Waals surface area (Å²) in [6.07, 6.45) is 6.05. The molecule has 1 aliphatic carbocycles. The van der Waals surface area contributed by atoms with E-state index in [1.54, 1.807) is 6.26 Å². The van der Waals surface area contributed by atoms with Gasteiger partial charge in [0.1, 0.15) is 11.5 Å². The lowest BCUT2D eigenvalue weighted by Gasteiger charge is -1.89. The number of nitrogens with zero attached hydrogens (tertiary/aromatic N) is 1. The third-order valence-electron chi connectivity index (χ3n) is 2.35. The zero-order valence-corrected chi connectivity index (χ0v) is 7.16. The van der Waals surface area contributed by atoms with Gasteiger partial charge in [0.2, 0.25) is 0 Å². The van der Waals surface area contributed by atoms with Crippen LogP contribution in [0.4, 0.5) is 0 Å². The maximum absolute atomic E-state index is 5.26. The number of furan rings is 1. The molecule has 0 aliphatic heterocycles. The first-order valence-corrected chi connectivity index (χ1v) is 4.52. The van der Waals surface area contributed by atoms with Crippen molar-refractivity contribution in [3.8, 4) is 11.5 Å². The second-order valence-corrected chi connectivity index (χ2v) is 3.43. The molecule has 2 aromatic rings. The van der Waals surface area contributed by atoms with Gasteiger partial charge in [-0.25, -0.2) is 4.98 Å². The summed E-state index contributed by atoms with van der Waals surface area (Å²) in [5.41, 5.74) is 0.979. The molecule has 3 nitrogen and oxygen atoms in total. The van der Waals surface area contributed by atoms with E-state index in [1.165, 1.54) is 12.8 Å². The molecule has 0 spiro atoms. The summed E-state index contributed by atoms with van der Waals surface area (Å²) in [6, 6.07) is 3.82. The summed E-state index contributed by atoms with van der Waals surface area (Å²) in [5.74, 6) is 2.63. The normalized spacial score (nSPS) is 16.3. The van der Waals surface area contributed by atoms with Crippen LogP contribution < -0.4 is 0 Å². The highest BCUT2D eigenvalue weighted by Gasteiger charge is 2.26. The van der Waals surface area contributed by atoms with Gasteiger partial charge in [-0.2, -0.15) is 0 Å². The first-order chi connectivity index (χ1) is 6.43. The van der Waals surface area contributed by atoms with Gasteiger partial charge in [0.15, 0.2) is 5.76 Å². The van der Waals surface area contributed by atoms with Crippen molar-refractivity contribution >= 4 is 0 Å². The summed E-state index contributed by atoms with van der Waals surface area (Å²) in [4.78, 5) is 7.59. The number of hydrogen-bond acceptors (Lipinski definition) is 2. The van der Waals surface area contributed by atoms with Gasteiger partial charge in [-0.3, -0.25) is 0 Å². The van der Waals surface area contributed by atoms with Crippen LogP contribution in [0, 0.1) is 0 Å². The Bertz CT molecular complexity index is 398. The van der Waals surface area contributed by atoms with Crippen LogP contribution in [0.1, 0.15) is 24.6 Å². The molecule has 0 bridgehead atoms. The Morgan fingerprint density at radius 2 is 2.38 bits per heavy atom. The molecule has 3 rings (SSSR count). The molecular weight excluding hydrogens is 164 g/mol. The molecular formula is C10H10N2O. The maximum Gasteiger partial charge on any atom is 0.151 e. The zero-order chi connectivity index (χ0) is 8.67. The molecule has 1 saturated carbocycles. The standard InChI is InChI=1S/C10H10N2O/c1-2-9(13-5-1)8-6-11-10(12-8)7-3-4-7/h1-2,5-7H,3-4H2,(H,11,12). The minimum atomic E-state index is 0.670. The number of hydrogen-bond donors (Lipinski definition) is 1. The third-order valence-corrected chi connectivity index (χ3v) is 2.35. The molecule has 1 fully saturated rings. The van der Waals surface area contributed by atoms with Crippen LogP contribution in [0.5, 0.6) is 0 Å². The van der Waals surface area contributed by atoms with E-state index in [1.807, 2.05) is 18.3 Å². The van der Waals surface area contributed by atoms with Gasteiger partial charge < -0.3 is 9.40 Å². The van der Waals surface area contributed by atoms with Gasteiger partial charge in [-0.05, 0) is 25.0 Å². The van der Waals surface area contributed by atoms with Crippen LogP contribution in [0.25, 0.3) is 11.5 Å². The molecule has 0 unspecified atom stereocenters. The van der Waals surface area contributed by atoms with E-state index in [0.29, 0.717) is 5.92 Å². The van der Waals surface area contributed by atoms with Crippen LogP contribution >= 0.6 is 0 Å². The molecule has 0 amide bonds. The van der Waals surface area contributed by atoms with Crippen molar-refractivity contribution in [2.24, 2.45) is 0 Å². The van der Waals surface area contributed by atoms with Crippen molar-refractivity contribution in [3.05, 3.63) is 30.4 Å². The molecule has 13 heavy (non-hydrogen) atoms. The number of H-pyrrole nitrogens is 1. The van der Waals surface area contributed by atoms with Gasteiger partial charge in [-0.15, -0.1) is 0 Å². The molecule has 0 saturated heterocycles. The Morgan fingerprint density at radius 1 is 1.46 bits per heavy atom. The molecule has 2 aromatic heterocycles. The quantitative estimate of drug-likeness (QED) is 0.760. The van der Waals surface area contributed by atoms with Gasteiger partial charge in [-0.1, -0.05) is 0 Å². The van der Waals surface area contributed by atoms with Crippen molar-refractivity contribution in [3.63, 3.8) is 0 Å². The Labute approximate surface area is 75.8 Å². The zero-order valence-electron chi connectivity index (χ0n) is 7.16. The van der Waals surface area contributed by atoms with Gasteiger partial charge in [0.25, 0.3) is 0 Å². The van der Waals surface area contributed by atoms with Crippen LogP contribution in [0.3, 0.4) is 0 Å².